The van der Waals surface area contributed by atoms with E-state index < -0.39 is 0 Å². The Kier molecular flexibility index (Phi) is 12.2. The van der Waals surface area contributed by atoms with Gasteiger partial charge in [-0.05, 0) is 147 Å². The first-order valence-corrected chi connectivity index (χ1v) is 17.0. The minimum Gasteiger partial charge on any atom is -0.398 e. The molecule has 0 spiro atoms. The summed E-state index contributed by atoms with van der Waals surface area (Å²) in [6.45, 7) is 22.8. The second-order valence-electron chi connectivity index (χ2n) is 13.1. The summed E-state index contributed by atoms with van der Waals surface area (Å²) in [6, 6.07) is 8.62. The van der Waals surface area contributed by atoms with Crippen LogP contribution in [0.5, 0.6) is 0 Å². The summed E-state index contributed by atoms with van der Waals surface area (Å²) in [7, 11) is 0. The van der Waals surface area contributed by atoms with Crippen molar-refractivity contribution in [3.63, 3.8) is 0 Å². The number of nitrogens with zero attached hydrogens (tertiary/aromatic N) is 2. The molecule has 2 aliphatic rings. The van der Waals surface area contributed by atoms with Crippen molar-refractivity contribution in [3.8, 4) is 0 Å². The van der Waals surface area contributed by atoms with E-state index in [-0.39, 0.29) is 0 Å². The zero-order chi connectivity index (χ0) is 34.1. The van der Waals surface area contributed by atoms with Crippen molar-refractivity contribution in [1.29, 1.82) is 0 Å². The molecule has 6 nitrogen and oxygen atoms in total. The van der Waals surface area contributed by atoms with Crippen molar-refractivity contribution in [2.45, 2.75) is 86.5 Å². The van der Waals surface area contributed by atoms with Crippen LogP contribution in [0, 0.1) is 27.7 Å². The lowest BCUT2D eigenvalue weighted by molar-refractivity contribution is 0.591. The topological polar surface area (TPSA) is 101 Å². The first kappa shape index (κ1) is 35.3. The van der Waals surface area contributed by atoms with Crippen molar-refractivity contribution in [2.24, 2.45) is 21.5 Å². The Labute approximate surface area is 282 Å². The summed E-state index contributed by atoms with van der Waals surface area (Å²) < 4.78 is 0. The molecular weight excluding hydrogens is 576 g/mol. The van der Waals surface area contributed by atoms with Crippen molar-refractivity contribution >= 4 is 34.2 Å². The van der Waals surface area contributed by atoms with Crippen LogP contribution < -0.4 is 22.1 Å². The lowest BCUT2D eigenvalue weighted by Gasteiger charge is -2.16. The van der Waals surface area contributed by atoms with E-state index in [4.69, 9.17) is 21.5 Å². The number of rotatable bonds is 14. The first-order valence-electron chi connectivity index (χ1n) is 17.0. The number of unbranched alkanes of at least 4 members (excludes halogenated alkanes) is 6. The van der Waals surface area contributed by atoms with Crippen LogP contribution in [0.15, 0.2) is 105 Å². The summed E-state index contributed by atoms with van der Waals surface area (Å²) in [6.07, 6.45) is 16.5. The Hall–Kier alpha value is -4.58. The maximum absolute atomic E-state index is 6.02. The molecule has 0 aliphatic heterocycles. The zero-order valence-electron chi connectivity index (χ0n) is 29.4. The molecule has 47 heavy (non-hydrogen) atoms. The van der Waals surface area contributed by atoms with Gasteiger partial charge < -0.3 is 22.1 Å². The highest BCUT2D eigenvalue weighted by Gasteiger charge is 2.13. The maximum atomic E-state index is 6.02. The van der Waals surface area contributed by atoms with Crippen LogP contribution in [0.2, 0.25) is 0 Å². The van der Waals surface area contributed by atoms with Crippen LogP contribution in [0.25, 0.3) is 0 Å². The molecular formula is C41H54N6. The van der Waals surface area contributed by atoms with Crippen LogP contribution in [-0.2, 0) is 0 Å². The van der Waals surface area contributed by atoms with Crippen molar-refractivity contribution < 1.29 is 0 Å². The molecule has 4 rings (SSSR count). The van der Waals surface area contributed by atoms with Gasteiger partial charge in [0.05, 0.1) is 22.8 Å². The number of allylic oxidation sites excluding steroid dienone is 8. The average Bonchev–Trinajstić information content (AvgIpc) is 3.02. The summed E-state index contributed by atoms with van der Waals surface area (Å²) in [5, 5.41) is 7.29. The molecule has 6 N–H and O–H groups in total. The molecule has 0 saturated carbocycles. The Bertz CT molecular complexity index is 1640. The van der Waals surface area contributed by atoms with E-state index in [1.807, 2.05) is 38.2 Å². The molecule has 0 unspecified atom stereocenters. The average molecular weight is 631 g/mol. The first-order chi connectivity index (χ1) is 22.4. The van der Waals surface area contributed by atoms with Crippen LogP contribution in [0.3, 0.4) is 0 Å². The highest BCUT2D eigenvalue weighted by molar-refractivity contribution is 6.13. The third kappa shape index (κ3) is 9.47. The van der Waals surface area contributed by atoms with E-state index in [0.717, 1.165) is 75.1 Å². The summed E-state index contributed by atoms with van der Waals surface area (Å²) in [5.74, 6) is 0. The third-order valence-electron chi connectivity index (χ3n) is 9.20. The molecule has 0 atom stereocenters. The lowest BCUT2D eigenvalue weighted by Crippen LogP contribution is -2.10. The number of aliphatic imine (C=N–C) groups is 2. The van der Waals surface area contributed by atoms with Crippen LogP contribution >= 0.6 is 0 Å². The second kappa shape index (κ2) is 16.3. The fraction of sp³-hybridized carbons (Fsp3) is 0.366. The van der Waals surface area contributed by atoms with Crippen LogP contribution in [0.4, 0.5) is 22.7 Å². The molecule has 248 valence electrons. The Morgan fingerprint density at radius 1 is 0.553 bits per heavy atom. The normalized spacial score (nSPS) is 16.6. The Balaban J connectivity index is 1.11. The van der Waals surface area contributed by atoms with Gasteiger partial charge in [0.1, 0.15) is 0 Å². The van der Waals surface area contributed by atoms with Crippen molar-refractivity contribution in [2.75, 3.05) is 23.7 Å². The van der Waals surface area contributed by atoms with E-state index in [0.29, 0.717) is 0 Å². The number of benzene rings is 2. The SMILES string of the molecule is C=C1C=C(N)C(C)=CC1=Nc1cc(C)c(NCCCCCCCCCNc2ccc(N=C3C=C(C)C(N)=CC3=C)c(C)c2C)cc1C. The Morgan fingerprint density at radius 2 is 1.04 bits per heavy atom. The van der Waals surface area contributed by atoms with Gasteiger partial charge in [-0.2, -0.15) is 0 Å². The maximum Gasteiger partial charge on any atom is 0.0707 e. The lowest BCUT2D eigenvalue weighted by atomic mass is 9.99. The van der Waals surface area contributed by atoms with Crippen LogP contribution in [-0.4, -0.2) is 24.5 Å². The molecule has 2 aromatic carbocycles. The summed E-state index contributed by atoms with van der Waals surface area (Å²) in [4.78, 5) is 9.78. The van der Waals surface area contributed by atoms with E-state index in [2.05, 4.69) is 75.8 Å². The molecule has 0 fully saturated rings. The predicted molar refractivity (Wildman–Crippen MR) is 206 cm³/mol. The quantitative estimate of drug-likeness (QED) is 0.156. The van der Waals surface area contributed by atoms with Gasteiger partial charge in [-0.3, -0.25) is 0 Å². The fourth-order valence-corrected chi connectivity index (χ4v) is 5.79. The van der Waals surface area contributed by atoms with Gasteiger partial charge in [0.25, 0.3) is 0 Å². The van der Waals surface area contributed by atoms with E-state index in [1.54, 1.807) is 0 Å². The van der Waals surface area contributed by atoms with Gasteiger partial charge in [0.2, 0.25) is 0 Å². The van der Waals surface area contributed by atoms with E-state index in [9.17, 15) is 0 Å². The summed E-state index contributed by atoms with van der Waals surface area (Å²) >= 11 is 0. The molecule has 0 radical (unpaired) electrons. The number of hydrogen-bond acceptors (Lipinski definition) is 6. The third-order valence-corrected chi connectivity index (χ3v) is 9.20. The van der Waals surface area contributed by atoms with Gasteiger partial charge in [0, 0.05) is 35.9 Å². The highest BCUT2D eigenvalue weighted by atomic mass is 14.9. The number of aryl methyl sites for hydroxylation is 2. The molecule has 2 aliphatic carbocycles. The smallest absolute Gasteiger partial charge is 0.0707 e. The number of hydrogen-bond donors (Lipinski definition) is 4. The molecule has 6 heteroatoms. The molecule has 0 amide bonds. The standard InChI is InChI=1S/C41H54N6/c1-26-22-39(28(3)20-34(26)42)46-37-17-16-36(32(7)33(37)8)44-18-14-12-10-9-11-13-15-19-45-38-24-31(6)41(25-30(38)5)47-40-23-27(2)35(43)21-29(40)4/h16-17,20-25,44-45H,3-4,9-15,18-19,42-43H2,1-2,5-8H3. The second-order valence-corrected chi connectivity index (χ2v) is 13.1. The molecule has 0 bridgehead atoms. The van der Waals surface area contributed by atoms with Gasteiger partial charge >= 0.3 is 0 Å². The molecule has 0 aromatic heterocycles. The van der Waals surface area contributed by atoms with Crippen LogP contribution in [0.1, 0.15) is 81.0 Å². The number of nitrogens with two attached hydrogens (primary N) is 2. The van der Waals surface area contributed by atoms with Gasteiger partial charge in [-0.1, -0.05) is 45.3 Å². The molecule has 0 saturated heterocycles. The molecule has 2 aromatic rings. The Morgan fingerprint density at radius 3 is 1.60 bits per heavy atom. The number of nitrogens with one attached hydrogen (secondary N) is 2. The van der Waals surface area contributed by atoms with E-state index in [1.165, 1.54) is 73.0 Å². The number of anilines is 2. The predicted octanol–water partition coefficient (Wildman–Crippen LogP) is 10.0. The zero-order valence-corrected chi connectivity index (χ0v) is 29.4. The largest absolute Gasteiger partial charge is 0.398 e. The molecule has 0 heterocycles. The monoisotopic (exact) mass is 630 g/mol. The van der Waals surface area contributed by atoms with Crippen molar-refractivity contribution in [3.05, 3.63) is 118 Å². The van der Waals surface area contributed by atoms with Gasteiger partial charge in [0.15, 0.2) is 0 Å². The highest BCUT2D eigenvalue weighted by Crippen LogP contribution is 2.31. The van der Waals surface area contributed by atoms with Gasteiger partial charge in [-0.15, -0.1) is 0 Å². The fourth-order valence-electron chi connectivity index (χ4n) is 5.79. The van der Waals surface area contributed by atoms with Gasteiger partial charge in [-0.25, -0.2) is 9.98 Å². The van der Waals surface area contributed by atoms with E-state index >= 15 is 0 Å². The summed E-state index contributed by atoms with van der Waals surface area (Å²) in [5.41, 5.74) is 28.2. The van der Waals surface area contributed by atoms with Crippen molar-refractivity contribution in [1.82, 2.24) is 0 Å². The minimum atomic E-state index is 0.755. The minimum absolute atomic E-state index is 0.755.